The van der Waals surface area contributed by atoms with Crippen molar-refractivity contribution >= 4 is 11.3 Å². The number of aryl methyl sites for hydroxylation is 1. The van der Waals surface area contributed by atoms with Crippen LogP contribution in [0.25, 0.3) is 5.57 Å². The molecule has 0 radical (unpaired) electrons. The van der Waals surface area contributed by atoms with Crippen molar-refractivity contribution in [3.05, 3.63) is 119 Å². The smallest absolute Gasteiger partial charge is 0.0369 e. The molecule has 1 heteroatoms. The van der Waals surface area contributed by atoms with Crippen LogP contribution in [0.2, 0.25) is 0 Å². The SMILES string of the molecule is C#CCC(=C)/C=C\C(C)=C=C(C1=C(C(=C)CC(C)(C)CCC=C)CCC=C=C1)c1ccc(N(CC)CC)cc1C. The molecule has 0 unspecified atom stereocenters. The summed E-state index contributed by atoms with van der Waals surface area (Å²) in [6, 6.07) is 6.79. The summed E-state index contributed by atoms with van der Waals surface area (Å²) in [5.41, 5.74) is 17.7. The van der Waals surface area contributed by atoms with Gasteiger partial charge < -0.3 is 4.90 Å². The molecule has 0 bridgehead atoms. The lowest BCUT2D eigenvalue weighted by atomic mass is 9.78. The standard InChI is InChI=1S/C39H49N/c1-11-15-26-39(9,10)29-33(8)35-20-17-16-18-21-37(35)38(27-31(6)23-22-30(5)19-12-2)36-25-24-34(28-32(36)7)40(13-3)14-4/h2,11,16,21-25,28H,1,5,8,13-15,17,19-20,26,29H2,3-4,6-7,9-10H3/b23-22-. The molecule has 210 valence electrons. The highest BCUT2D eigenvalue weighted by Crippen LogP contribution is 2.39. The Morgan fingerprint density at radius 1 is 1.18 bits per heavy atom. The summed E-state index contributed by atoms with van der Waals surface area (Å²) in [6.07, 6.45) is 21.3. The van der Waals surface area contributed by atoms with E-state index in [1.165, 1.54) is 28.0 Å². The first-order chi connectivity index (χ1) is 19.1. The molecule has 0 heterocycles. The van der Waals surface area contributed by atoms with Crippen LogP contribution in [0.1, 0.15) is 84.3 Å². The molecular weight excluding hydrogens is 482 g/mol. The Kier molecular flexibility index (Phi) is 12.8. The monoisotopic (exact) mass is 531 g/mol. The molecule has 1 aromatic rings. The predicted octanol–water partition coefficient (Wildman–Crippen LogP) is 10.6. The minimum absolute atomic E-state index is 0.143. The minimum atomic E-state index is 0.143. The Bertz CT molecular complexity index is 1330. The van der Waals surface area contributed by atoms with E-state index in [1.54, 1.807) is 0 Å². The van der Waals surface area contributed by atoms with Crippen molar-refractivity contribution < 1.29 is 0 Å². The summed E-state index contributed by atoms with van der Waals surface area (Å²) in [6.45, 7) is 27.9. The second kappa shape index (κ2) is 15.8. The van der Waals surface area contributed by atoms with Gasteiger partial charge in [-0.15, -0.1) is 30.4 Å². The third-order valence-electron chi connectivity index (χ3n) is 7.45. The predicted molar refractivity (Wildman–Crippen MR) is 178 cm³/mol. The second-order valence-corrected chi connectivity index (χ2v) is 11.4. The third kappa shape index (κ3) is 9.50. The Hall–Kier alpha value is -3.68. The average Bonchev–Trinajstić information content (AvgIpc) is 3.17. The van der Waals surface area contributed by atoms with E-state index in [2.05, 4.69) is 120 Å². The van der Waals surface area contributed by atoms with E-state index in [0.29, 0.717) is 6.42 Å². The van der Waals surface area contributed by atoms with Crippen LogP contribution in [-0.2, 0) is 0 Å². The van der Waals surface area contributed by atoms with Crippen LogP contribution >= 0.6 is 0 Å². The molecule has 0 saturated carbocycles. The fourth-order valence-corrected chi connectivity index (χ4v) is 5.18. The topological polar surface area (TPSA) is 3.24 Å². The van der Waals surface area contributed by atoms with Gasteiger partial charge in [0, 0.05) is 36.3 Å². The molecule has 0 aromatic heterocycles. The molecular formula is C39H49N. The number of hydrogen-bond donors (Lipinski definition) is 0. The maximum atomic E-state index is 5.48. The van der Waals surface area contributed by atoms with Crippen LogP contribution in [0.3, 0.4) is 0 Å². The van der Waals surface area contributed by atoms with Gasteiger partial charge in [-0.2, -0.15) is 0 Å². The quantitative estimate of drug-likeness (QED) is 0.0998. The van der Waals surface area contributed by atoms with Crippen LogP contribution in [0.5, 0.6) is 0 Å². The van der Waals surface area contributed by atoms with E-state index in [-0.39, 0.29) is 5.41 Å². The Morgan fingerprint density at radius 3 is 2.52 bits per heavy atom. The maximum absolute atomic E-state index is 5.48. The molecule has 1 aliphatic rings. The molecule has 0 amide bonds. The van der Waals surface area contributed by atoms with Crippen LogP contribution in [0.4, 0.5) is 5.69 Å². The van der Waals surface area contributed by atoms with E-state index < -0.39 is 0 Å². The Balaban J connectivity index is 2.80. The van der Waals surface area contributed by atoms with Crippen molar-refractivity contribution in [2.75, 3.05) is 18.0 Å². The Morgan fingerprint density at radius 2 is 1.90 bits per heavy atom. The van der Waals surface area contributed by atoms with Crippen molar-refractivity contribution in [2.24, 2.45) is 5.41 Å². The van der Waals surface area contributed by atoms with E-state index in [0.717, 1.165) is 67.5 Å². The Labute approximate surface area is 245 Å². The van der Waals surface area contributed by atoms with Gasteiger partial charge in [-0.05, 0) is 117 Å². The fourth-order valence-electron chi connectivity index (χ4n) is 5.18. The number of hydrogen-bond acceptors (Lipinski definition) is 1. The molecule has 1 aromatic carbocycles. The van der Waals surface area contributed by atoms with Crippen molar-refractivity contribution in [1.82, 2.24) is 0 Å². The maximum Gasteiger partial charge on any atom is 0.0369 e. The summed E-state index contributed by atoms with van der Waals surface area (Å²) < 4.78 is 0. The molecule has 0 spiro atoms. The van der Waals surface area contributed by atoms with Crippen molar-refractivity contribution in [3.63, 3.8) is 0 Å². The van der Waals surface area contributed by atoms with Gasteiger partial charge in [-0.3, -0.25) is 0 Å². The number of rotatable bonds is 14. The first-order valence-electron chi connectivity index (χ1n) is 14.6. The van der Waals surface area contributed by atoms with Gasteiger partial charge in [0.05, 0.1) is 0 Å². The van der Waals surface area contributed by atoms with Crippen LogP contribution in [-0.4, -0.2) is 13.1 Å². The molecule has 0 saturated heterocycles. The summed E-state index contributed by atoms with van der Waals surface area (Å²) in [5.74, 6) is 2.67. The van der Waals surface area contributed by atoms with Gasteiger partial charge in [0.15, 0.2) is 0 Å². The highest BCUT2D eigenvalue weighted by atomic mass is 15.1. The first kappa shape index (κ1) is 32.5. The summed E-state index contributed by atoms with van der Waals surface area (Å²) in [4.78, 5) is 2.38. The molecule has 0 aliphatic heterocycles. The van der Waals surface area contributed by atoms with Gasteiger partial charge in [-0.1, -0.05) is 56.9 Å². The molecule has 2 rings (SSSR count). The summed E-state index contributed by atoms with van der Waals surface area (Å²) in [5, 5.41) is 0. The molecule has 0 fully saturated rings. The zero-order chi connectivity index (χ0) is 29.7. The number of benzene rings is 1. The normalized spacial score (nSPS) is 13.0. The lowest BCUT2D eigenvalue weighted by Crippen LogP contribution is -2.21. The first-order valence-corrected chi connectivity index (χ1v) is 14.6. The number of allylic oxidation sites excluding steroid dienone is 9. The van der Waals surface area contributed by atoms with Crippen LogP contribution in [0, 0.1) is 24.7 Å². The van der Waals surface area contributed by atoms with Gasteiger partial charge in [0.1, 0.15) is 0 Å². The van der Waals surface area contributed by atoms with Crippen molar-refractivity contribution in [3.8, 4) is 12.3 Å². The highest BCUT2D eigenvalue weighted by Gasteiger charge is 2.23. The largest absolute Gasteiger partial charge is 0.372 e. The van der Waals surface area contributed by atoms with E-state index in [9.17, 15) is 0 Å². The van der Waals surface area contributed by atoms with E-state index in [1.807, 2.05) is 12.2 Å². The molecule has 1 aliphatic carbocycles. The van der Waals surface area contributed by atoms with Gasteiger partial charge in [0.2, 0.25) is 0 Å². The van der Waals surface area contributed by atoms with Crippen LogP contribution < -0.4 is 4.90 Å². The van der Waals surface area contributed by atoms with Crippen molar-refractivity contribution in [2.45, 2.75) is 80.1 Å². The lowest BCUT2D eigenvalue weighted by Gasteiger charge is -2.27. The lowest BCUT2D eigenvalue weighted by molar-refractivity contribution is 0.336. The zero-order valence-electron chi connectivity index (χ0n) is 25.9. The van der Waals surface area contributed by atoms with Gasteiger partial charge >= 0.3 is 0 Å². The molecule has 0 N–H and O–H groups in total. The zero-order valence-corrected chi connectivity index (χ0v) is 25.9. The van der Waals surface area contributed by atoms with E-state index >= 15 is 0 Å². The summed E-state index contributed by atoms with van der Waals surface area (Å²) in [7, 11) is 0. The van der Waals surface area contributed by atoms with Crippen LogP contribution in [0.15, 0.2) is 108 Å². The molecule has 1 nitrogen and oxygen atoms in total. The fraction of sp³-hybridized carbons (Fsp3) is 0.385. The molecule has 40 heavy (non-hydrogen) atoms. The minimum Gasteiger partial charge on any atom is -0.372 e. The summed E-state index contributed by atoms with van der Waals surface area (Å²) >= 11 is 0. The number of anilines is 1. The average molecular weight is 532 g/mol. The second-order valence-electron chi connectivity index (χ2n) is 11.4. The van der Waals surface area contributed by atoms with E-state index in [4.69, 9.17) is 6.42 Å². The number of terminal acetylenes is 1. The van der Waals surface area contributed by atoms with Gasteiger partial charge in [-0.25, -0.2) is 0 Å². The number of nitrogens with zero attached hydrogens (tertiary/aromatic N) is 1. The highest BCUT2D eigenvalue weighted by molar-refractivity contribution is 5.86. The molecule has 0 atom stereocenters. The third-order valence-corrected chi connectivity index (χ3v) is 7.45. The van der Waals surface area contributed by atoms with Gasteiger partial charge in [0.25, 0.3) is 0 Å². The van der Waals surface area contributed by atoms with Crippen molar-refractivity contribution in [1.29, 1.82) is 0 Å².